The lowest BCUT2D eigenvalue weighted by molar-refractivity contribution is 0.550. The minimum absolute atomic E-state index is 0.225. The molecule has 1 aromatic carbocycles. The first-order valence-corrected chi connectivity index (χ1v) is 5.13. The number of hydrogen-bond donors (Lipinski definition) is 0. The van der Waals surface area contributed by atoms with E-state index in [2.05, 4.69) is 13.8 Å². The Hall–Kier alpha value is -1.57. The summed E-state index contributed by atoms with van der Waals surface area (Å²) in [6, 6.07) is 7.68. The monoisotopic (exact) mass is 202 g/mol. The number of para-hydroxylation sites is 1. The first kappa shape index (κ1) is 9.97. The Kier molecular flexibility index (Phi) is 2.35. The van der Waals surface area contributed by atoms with Crippen LogP contribution in [-0.4, -0.2) is 0 Å². The van der Waals surface area contributed by atoms with Crippen LogP contribution >= 0.6 is 0 Å². The molecule has 0 aliphatic carbocycles. The molecular formula is C13H14O2. The molecule has 0 atom stereocenters. The van der Waals surface area contributed by atoms with E-state index in [0.717, 1.165) is 16.5 Å². The minimum atomic E-state index is -0.225. The number of benzene rings is 1. The standard InChI is InChI=1S/C13H14O2/c1-8(2)12-9(3)13(14)15-11-7-5-4-6-10(11)12/h4-8H,1-3H3. The number of rotatable bonds is 1. The maximum atomic E-state index is 11.6. The van der Waals surface area contributed by atoms with Gasteiger partial charge in [-0.2, -0.15) is 0 Å². The van der Waals surface area contributed by atoms with Crippen LogP contribution in [-0.2, 0) is 0 Å². The Bertz CT molecular complexity index is 550. The number of hydrogen-bond acceptors (Lipinski definition) is 2. The largest absolute Gasteiger partial charge is 0.423 e. The lowest BCUT2D eigenvalue weighted by Gasteiger charge is -2.11. The van der Waals surface area contributed by atoms with Crippen molar-refractivity contribution in [2.45, 2.75) is 26.7 Å². The van der Waals surface area contributed by atoms with Crippen molar-refractivity contribution in [3.05, 3.63) is 45.8 Å². The van der Waals surface area contributed by atoms with E-state index in [4.69, 9.17) is 4.42 Å². The SMILES string of the molecule is Cc1c(C(C)C)c2ccccc2oc1=O. The van der Waals surface area contributed by atoms with Crippen LogP contribution in [0.15, 0.2) is 33.5 Å². The van der Waals surface area contributed by atoms with E-state index in [1.807, 2.05) is 31.2 Å². The van der Waals surface area contributed by atoms with Gasteiger partial charge in [-0.1, -0.05) is 32.0 Å². The highest BCUT2D eigenvalue weighted by atomic mass is 16.4. The van der Waals surface area contributed by atoms with Crippen molar-refractivity contribution in [1.29, 1.82) is 0 Å². The van der Waals surface area contributed by atoms with Gasteiger partial charge < -0.3 is 4.42 Å². The van der Waals surface area contributed by atoms with Gasteiger partial charge in [0.05, 0.1) is 0 Å². The molecule has 0 fully saturated rings. The van der Waals surface area contributed by atoms with E-state index in [-0.39, 0.29) is 5.63 Å². The average Bonchev–Trinajstić information content (AvgIpc) is 2.19. The molecule has 0 amide bonds. The summed E-state index contributed by atoms with van der Waals surface area (Å²) in [5.41, 5.74) is 2.28. The van der Waals surface area contributed by atoms with E-state index in [1.165, 1.54) is 0 Å². The van der Waals surface area contributed by atoms with E-state index < -0.39 is 0 Å². The van der Waals surface area contributed by atoms with Crippen molar-refractivity contribution in [3.8, 4) is 0 Å². The molecule has 0 saturated heterocycles. The second-order valence-corrected chi connectivity index (χ2v) is 4.08. The summed E-state index contributed by atoms with van der Waals surface area (Å²) in [6.07, 6.45) is 0. The normalized spacial score (nSPS) is 11.2. The third kappa shape index (κ3) is 1.56. The van der Waals surface area contributed by atoms with E-state index in [1.54, 1.807) is 0 Å². The van der Waals surface area contributed by atoms with Gasteiger partial charge in [0.2, 0.25) is 0 Å². The predicted molar refractivity (Wildman–Crippen MR) is 61.3 cm³/mol. The Morgan fingerprint density at radius 2 is 1.87 bits per heavy atom. The first-order valence-electron chi connectivity index (χ1n) is 5.13. The molecule has 2 aromatic rings. The zero-order valence-corrected chi connectivity index (χ0v) is 9.20. The second kappa shape index (κ2) is 3.54. The molecule has 2 rings (SSSR count). The van der Waals surface area contributed by atoms with Gasteiger partial charge in [-0.15, -0.1) is 0 Å². The van der Waals surface area contributed by atoms with Gasteiger partial charge in [0.25, 0.3) is 0 Å². The van der Waals surface area contributed by atoms with Crippen molar-refractivity contribution in [2.75, 3.05) is 0 Å². The molecule has 0 saturated carbocycles. The summed E-state index contributed by atoms with van der Waals surface area (Å²) < 4.78 is 5.23. The molecule has 2 nitrogen and oxygen atoms in total. The van der Waals surface area contributed by atoms with Crippen molar-refractivity contribution >= 4 is 11.0 Å². The fourth-order valence-corrected chi connectivity index (χ4v) is 2.01. The molecule has 0 radical (unpaired) electrons. The quantitative estimate of drug-likeness (QED) is 0.664. The summed E-state index contributed by atoms with van der Waals surface area (Å²) in [5.74, 6) is 0.332. The van der Waals surface area contributed by atoms with Gasteiger partial charge in [0.15, 0.2) is 0 Å². The fraction of sp³-hybridized carbons (Fsp3) is 0.308. The Morgan fingerprint density at radius 3 is 2.53 bits per heavy atom. The van der Waals surface area contributed by atoms with Crippen molar-refractivity contribution in [1.82, 2.24) is 0 Å². The van der Waals surface area contributed by atoms with Crippen molar-refractivity contribution < 1.29 is 4.42 Å². The maximum Gasteiger partial charge on any atom is 0.339 e. The second-order valence-electron chi connectivity index (χ2n) is 4.08. The molecular weight excluding hydrogens is 188 g/mol. The zero-order chi connectivity index (χ0) is 11.0. The van der Waals surface area contributed by atoms with Gasteiger partial charge in [0.1, 0.15) is 5.58 Å². The van der Waals surface area contributed by atoms with E-state index in [9.17, 15) is 4.79 Å². The van der Waals surface area contributed by atoms with Crippen LogP contribution in [0.2, 0.25) is 0 Å². The highest BCUT2D eigenvalue weighted by molar-refractivity contribution is 5.81. The molecule has 1 aromatic heterocycles. The van der Waals surface area contributed by atoms with Crippen LogP contribution in [0.25, 0.3) is 11.0 Å². The van der Waals surface area contributed by atoms with Crippen molar-refractivity contribution in [3.63, 3.8) is 0 Å². The molecule has 15 heavy (non-hydrogen) atoms. The predicted octanol–water partition coefficient (Wildman–Crippen LogP) is 3.22. The van der Waals surface area contributed by atoms with Gasteiger partial charge in [-0.25, -0.2) is 4.79 Å². The summed E-state index contributed by atoms with van der Waals surface area (Å²) in [6.45, 7) is 6.01. The first-order chi connectivity index (χ1) is 7.11. The van der Waals surface area contributed by atoms with Crippen LogP contribution in [0, 0.1) is 6.92 Å². The lowest BCUT2D eigenvalue weighted by Crippen LogP contribution is -2.08. The molecule has 0 bridgehead atoms. The molecule has 0 aliphatic heterocycles. The smallest absolute Gasteiger partial charge is 0.339 e. The van der Waals surface area contributed by atoms with Gasteiger partial charge >= 0.3 is 5.63 Å². The lowest BCUT2D eigenvalue weighted by atomic mass is 9.95. The summed E-state index contributed by atoms with van der Waals surface area (Å²) in [7, 11) is 0. The van der Waals surface area contributed by atoms with Gasteiger partial charge in [-0.05, 0) is 24.5 Å². The highest BCUT2D eigenvalue weighted by Crippen LogP contribution is 2.26. The summed E-state index contributed by atoms with van der Waals surface area (Å²) in [5, 5.41) is 1.05. The van der Waals surface area contributed by atoms with E-state index >= 15 is 0 Å². The number of fused-ring (bicyclic) bond motifs is 1. The van der Waals surface area contributed by atoms with E-state index in [0.29, 0.717) is 11.5 Å². The Balaban J connectivity index is 2.96. The molecule has 0 aliphatic rings. The Morgan fingerprint density at radius 1 is 1.20 bits per heavy atom. The van der Waals surface area contributed by atoms with Gasteiger partial charge in [-0.3, -0.25) is 0 Å². The van der Waals surface area contributed by atoms with Gasteiger partial charge in [0, 0.05) is 10.9 Å². The molecule has 0 spiro atoms. The summed E-state index contributed by atoms with van der Waals surface area (Å²) in [4.78, 5) is 11.6. The third-order valence-corrected chi connectivity index (χ3v) is 2.67. The molecule has 2 heteroatoms. The maximum absolute atomic E-state index is 11.6. The molecule has 78 valence electrons. The summed E-state index contributed by atoms with van der Waals surface area (Å²) >= 11 is 0. The van der Waals surface area contributed by atoms with Crippen LogP contribution in [0.3, 0.4) is 0 Å². The third-order valence-electron chi connectivity index (χ3n) is 2.67. The minimum Gasteiger partial charge on any atom is -0.423 e. The van der Waals surface area contributed by atoms with Crippen LogP contribution < -0.4 is 5.63 Å². The highest BCUT2D eigenvalue weighted by Gasteiger charge is 2.12. The topological polar surface area (TPSA) is 30.2 Å². The fourth-order valence-electron chi connectivity index (χ4n) is 2.01. The van der Waals surface area contributed by atoms with Crippen LogP contribution in [0.5, 0.6) is 0 Å². The molecule has 1 heterocycles. The van der Waals surface area contributed by atoms with Crippen molar-refractivity contribution in [2.24, 2.45) is 0 Å². The average molecular weight is 202 g/mol. The molecule has 0 unspecified atom stereocenters. The zero-order valence-electron chi connectivity index (χ0n) is 9.20. The Labute approximate surface area is 88.5 Å². The van der Waals surface area contributed by atoms with Crippen LogP contribution in [0.4, 0.5) is 0 Å². The molecule has 0 N–H and O–H groups in total. The van der Waals surface area contributed by atoms with Crippen LogP contribution in [0.1, 0.15) is 30.9 Å².